The van der Waals surface area contributed by atoms with Crippen molar-refractivity contribution in [2.24, 2.45) is 23.7 Å². The van der Waals surface area contributed by atoms with Crippen LogP contribution in [0.1, 0.15) is 43.2 Å². The van der Waals surface area contributed by atoms with Crippen molar-refractivity contribution in [3.05, 3.63) is 59.7 Å². The molecule has 1 aliphatic heterocycles. The molecule has 1 saturated carbocycles. The first-order valence-corrected chi connectivity index (χ1v) is 12.5. The highest BCUT2D eigenvalue weighted by molar-refractivity contribution is 5.82. The fraction of sp³-hybridized carbons (Fsp3) is 0.464. The van der Waals surface area contributed by atoms with Gasteiger partial charge < -0.3 is 20.1 Å². The number of aliphatic carboxylic acids is 1. The Bertz CT molecular complexity index is 1090. The lowest BCUT2D eigenvalue weighted by atomic mass is 9.94. The third-order valence-electron chi connectivity index (χ3n) is 8.07. The molecule has 0 spiro atoms. The highest BCUT2D eigenvalue weighted by Crippen LogP contribution is 2.44. The molecule has 2 aromatic rings. The second-order valence-corrected chi connectivity index (χ2v) is 10.2. The van der Waals surface area contributed by atoms with Crippen LogP contribution < -0.4 is 5.32 Å². The van der Waals surface area contributed by atoms with Crippen LogP contribution >= 0.6 is 0 Å². The molecule has 0 radical (unpaired) electrons. The van der Waals surface area contributed by atoms with Crippen LogP contribution in [0, 0.1) is 23.7 Å². The number of hydrogen-bond acceptors (Lipinski definition) is 4. The molecule has 4 atom stereocenters. The third-order valence-corrected chi connectivity index (χ3v) is 8.07. The zero-order chi connectivity index (χ0) is 24.5. The van der Waals surface area contributed by atoms with Crippen molar-refractivity contribution < 1.29 is 24.2 Å². The predicted octanol–water partition coefficient (Wildman–Crippen LogP) is 4.12. The van der Waals surface area contributed by atoms with E-state index in [1.165, 1.54) is 22.3 Å². The summed E-state index contributed by atoms with van der Waals surface area (Å²) in [5.41, 5.74) is 4.71. The summed E-state index contributed by atoms with van der Waals surface area (Å²) in [5.74, 6) is -1.49. The molecule has 3 aliphatic rings. The van der Waals surface area contributed by atoms with Crippen LogP contribution in [-0.2, 0) is 14.3 Å². The molecule has 35 heavy (non-hydrogen) atoms. The minimum absolute atomic E-state index is 0.00768. The number of nitrogens with one attached hydrogen (secondary N) is 1. The number of likely N-dealkylation sites (tertiary alicyclic amines) is 1. The maximum atomic E-state index is 13.1. The SMILES string of the molecule is C[C@@H]1CN(C(=O)[C@@H]2CCC[C@@H]2CNC(=O)OCC2c3ccccc3-c3ccccc32)C[C@H]1C(=O)O. The summed E-state index contributed by atoms with van der Waals surface area (Å²) in [4.78, 5) is 38.9. The molecule has 2 aliphatic carbocycles. The number of ether oxygens (including phenoxy) is 1. The largest absolute Gasteiger partial charge is 0.481 e. The normalized spacial score (nSPS) is 25.2. The molecule has 7 heteroatoms. The van der Waals surface area contributed by atoms with Gasteiger partial charge in [-0.1, -0.05) is 61.9 Å². The number of hydrogen-bond donors (Lipinski definition) is 2. The molecule has 2 fully saturated rings. The van der Waals surface area contributed by atoms with E-state index in [0.29, 0.717) is 13.1 Å². The molecular weight excluding hydrogens is 444 g/mol. The van der Waals surface area contributed by atoms with Crippen molar-refractivity contribution in [1.29, 1.82) is 0 Å². The van der Waals surface area contributed by atoms with Crippen LogP contribution in [0.4, 0.5) is 4.79 Å². The van der Waals surface area contributed by atoms with E-state index in [1.54, 1.807) is 4.90 Å². The van der Waals surface area contributed by atoms with Gasteiger partial charge in [0.25, 0.3) is 0 Å². The lowest BCUT2D eigenvalue weighted by molar-refractivity contribution is -0.142. The van der Waals surface area contributed by atoms with Crippen LogP contribution in [-0.4, -0.2) is 54.2 Å². The lowest BCUT2D eigenvalue weighted by Gasteiger charge is -2.25. The molecule has 0 bridgehead atoms. The second-order valence-electron chi connectivity index (χ2n) is 10.2. The van der Waals surface area contributed by atoms with E-state index >= 15 is 0 Å². The standard InChI is InChI=1S/C28H32N2O5/c1-17-14-30(15-24(17)27(32)33)26(31)19-12-6-7-18(19)13-29-28(34)35-16-25-22-10-4-2-8-20(22)21-9-3-5-11-23(21)25/h2-5,8-11,17-19,24-25H,6-7,12-16H2,1H3,(H,29,34)(H,32,33)/t17-,18-,19-,24-/m1/s1. The highest BCUT2D eigenvalue weighted by Gasteiger charge is 2.42. The highest BCUT2D eigenvalue weighted by atomic mass is 16.5. The van der Waals surface area contributed by atoms with Gasteiger partial charge in [-0.15, -0.1) is 0 Å². The first-order chi connectivity index (χ1) is 16.9. The van der Waals surface area contributed by atoms with E-state index in [4.69, 9.17) is 4.74 Å². The number of rotatable bonds is 6. The van der Waals surface area contributed by atoms with Gasteiger partial charge in [0.1, 0.15) is 6.61 Å². The Morgan fingerprint density at radius 1 is 0.971 bits per heavy atom. The summed E-state index contributed by atoms with van der Waals surface area (Å²) >= 11 is 0. The quantitative estimate of drug-likeness (QED) is 0.654. The van der Waals surface area contributed by atoms with E-state index in [1.807, 2.05) is 31.2 Å². The van der Waals surface area contributed by atoms with Gasteiger partial charge in [-0.2, -0.15) is 0 Å². The first kappa shape index (κ1) is 23.4. The van der Waals surface area contributed by atoms with Crippen molar-refractivity contribution >= 4 is 18.0 Å². The minimum atomic E-state index is -0.840. The summed E-state index contributed by atoms with van der Waals surface area (Å²) in [5, 5.41) is 12.3. The van der Waals surface area contributed by atoms with Gasteiger partial charge in [-0.25, -0.2) is 4.79 Å². The maximum absolute atomic E-state index is 13.1. The predicted molar refractivity (Wildman–Crippen MR) is 131 cm³/mol. The monoisotopic (exact) mass is 476 g/mol. The van der Waals surface area contributed by atoms with Crippen LogP contribution in [0.2, 0.25) is 0 Å². The maximum Gasteiger partial charge on any atom is 0.407 e. The van der Waals surface area contributed by atoms with Crippen molar-refractivity contribution in [1.82, 2.24) is 10.2 Å². The van der Waals surface area contributed by atoms with Crippen molar-refractivity contribution in [2.45, 2.75) is 32.1 Å². The van der Waals surface area contributed by atoms with Gasteiger partial charge >= 0.3 is 12.1 Å². The number of carboxylic acid groups (broad SMARTS) is 1. The molecule has 184 valence electrons. The molecule has 5 rings (SSSR count). The summed E-state index contributed by atoms with van der Waals surface area (Å²) < 4.78 is 5.64. The molecule has 2 amide bonds. The Balaban J connectivity index is 1.15. The number of amides is 2. The Morgan fingerprint density at radius 2 is 1.63 bits per heavy atom. The summed E-state index contributed by atoms with van der Waals surface area (Å²) in [6.45, 7) is 3.29. The van der Waals surface area contributed by atoms with Crippen molar-refractivity contribution in [3.63, 3.8) is 0 Å². The Kier molecular flexibility index (Phi) is 6.50. The number of carbonyl (C=O) groups excluding carboxylic acids is 2. The Hall–Kier alpha value is -3.35. The Labute approximate surface area is 205 Å². The zero-order valence-corrected chi connectivity index (χ0v) is 20.0. The van der Waals surface area contributed by atoms with Crippen molar-refractivity contribution in [3.8, 4) is 11.1 Å². The molecular formula is C28H32N2O5. The van der Waals surface area contributed by atoms with Crippen LogP contribution in [0.25, 0.3) is 11.1 Å². The number of benzene rings is 2. The van der Waals surface area contributed by atoms with Gasteiger partial charge in [-0.3, -0.25) is 9.59 Å². The van der Waals surface area contributed by atoms with E-state index in [9.17, 15) is 19.5 Å². The number of carbonyl (C=O) groups is 3. The van der Waals surface area contributed by atoms with Crippen LogP contribution in [0.5, 0.6) is 0 Å². The molecule has 0 unspecified atom stereocenters. The number of nitrogens with zero attached hydrogens (tertiary/aromatic N) is 1. The third kappa shape index (κ3) is 4.51. The van der Waals surface area contributed by atoms with E-state index < -0.39 is 18.0 Å². The number of carboxylic acids is 1. The van der Waals surface area contributed by atoms with Crippen LogP contribution in [0.15, 0.2) is 48.5 Å². The Morgan fingerprint density at radius 3 is 2.26 bits per heavy atom. The average molecular weight is 477 g/mol. The van der Waals surface area contributed by atoms with Gasteiger partial charge in [0.2, 0.25) is 5.91 Å². The lowest BCUT2D eigenvalue weighted by Crippen LogP contribution is -2.40. The van der Waals surface area contributed by atoms with Gasteiger partial charge in [0.15, 0.2) is 0 Å². The molecule has 2 N–H and O–H groups in total. The smallest absolute Gasteiger partial charge is 0.407 e. The van der Waals surface area contributed by atoms with E-state index in [0.717, 1.165) is 19.3 Å². The van der Waals surface area contributed by atoms with Gasteiger partial charge in [0.05, 0.1) is 5.92 Å². The zero-order valence-electron chi connectivity index (χ0n) is 20.0. The summed E-state index contributed by atoms with van der Waals surface area (Å²) in [6.07, 6.45) is 2.11. The topological polar surface area (TPSA) is 95.9 Å². The van der Waals surface area contributed by atoms with Gasteiger partial charge in [-0.05, 0) is 46.9 Å². The number of alkyl carbamates (subject to hydrolysis) is 1. The molecule has 2 aromatic carbocycles. The molecule has 0 aromatic heterocycles. The van der Waals surface area contributed by atoms with E-state index in [2.05, 4.69) is 29.6 Å². The summed E-state index contributed by atoms with van der Waals surface area (Å²) in [7, 11) is 0. The molecule has 1 saturated heterocycles. The second kappa shape index (κ2) is 9.72. The molecule has 1 heterocycles. The van der Waals surface area contributed by atoms with Gasteiger partial charge in [0, 0.05) is 31.5 Å². The van der Waals surface area contributed by atoms with E-state index in [-0.39, 0.29) is 42.7 Å². The minimum Gasteiger partial charge on any atom is -0.481 e. The average Bonchev–Trinajstić information content (AvgIpc) is 3.57. The van der Waals surface area contributed by atoms with Crippen LogP contribution in [0.3, 0.4) is 0 Å². The fourth-order valence-electron chi connectivity index (χ4n) is 6.17. The van der Waals surface area contributed by atoms with Crippen molar-refractivity contribution in [2.75, 3.05) is 26.2 Å². The first-order valence-electron chi connectivity index (χ1n) is 12.5. The molecule has 7 nitrogen and oxygen atoms in total. The summed E-state index contributed by atoms with van der Waals surface area (Å²) in [6, 6.07) is 16.4. The number of fused-ring (bicyclic) bond motifs is 3. The fourth-order valence-corrected chi connectivity index (χ4v) is 6.17.